The molecule has 9 heteroatoms. The van der Waals surface area contributed by atoms with Gasteiger partial charge in [0, 0.05) is 49.6 Å². The van der Waals surface area contributed by atoms with E-state index in [4.69, 9.17) is 9.47 Å². The van der Waals surface area contributed by atoms with Crippen molar-refractivity contribution in [1.82, 2.24) is 14.4 Å². The zero-order chi connectivity index (χ0) is 30.7. The number of nitrogens with one attached hydrogen (secondary N) is 1. The highest BCUT2D eigenvalue weighted by atomic mass is 16.5. The normalized spacial score (nSPS) is 17.9. The van der Waals surface area contributed by atoms with Crippen molar-refractivity contribution < 1.29 is 24.2 Å². The summed E-state index contributed by atoms with van der Waals surface area (Å²) in [5.74, 6) is 0.252. The lowest BCUT2D eigenvalue weighted by atomic mass is 9.96. The number of aromatic nitrogens is 1. The second-order valence-corrected chi connectivity index (χ2v) is 11.3. The van der Waals surface area contributed by atoms with E-state index in [0.717, 1.165) is 27.6 Å². The van der Waals surface area contributed by atoms with Crippen molar-refractivity contribution in [3.05, 3.63) is 84.1 Å². The molecule has 0 unspecified atom stereocenters. The van der Waals surface area contributed by atoms with Crippen molar-refractivity contribution in [2.24, 2.45) is 13.0 Å². The first-order valence-electron chi connectivity index (χ1n) is 14.6. The first-order valence-corrected chi connectivity index (χ1v) is 14.6. The number of rotatable bonds is 6. The first kappa shape index (κ1) is 30.1. The second kappa shape index (κ2) is 12.9. The van der Waals surface area contributed by atoms with E-state index >= 15 is 0 Å². The molecule has 226 valence electrons. The fraction of sp³-hybridized carbons (Fsp3) is 0.353. The molecule has 43 heavy (non-hydrogen) atoms. The molecule has 1 aromatic heterocycles. The van der Waals surface area contributed by atoms with Crippen molar-refractivity contribution in [1.29, 1.82) is 0 Å². The maximum Gasteiger partial charge on any atom is 0.321 e. The predicted molar refractivity (Wildman–Crippen MR) is 168 cm³/mol. The van der Waals surface area contributed by atoms with Gasteiger partial charge in [0.1, 0.15) is 11.4 Å². The average Bonchev–Trinajstić information content (AvgIpc) is 3.32. The molecule has 2 N–H and O–H groups in total. The number of hydrogen-bond acceptors (Lipinski definition) is 5. The minimum Gasteiger partial charge on any atom is -0.495 e. The van der Waals surface area contributed by atoms with E-state index < -0.39 is 12.1 Å². The molecule has 1 aliphatic rings. The van der Waals surface area contributed by atoms with Crippen LogP contribution in [0.3, 0.4) is 0 Å². The molecular weight excluding hydrogens is 544 g/mol. The van der Waals surface area contributed by atoms with Crippen molar-refractivity contribution >= 4 is 28.5 Å². The molecular formula is C34H40N4O5. The summed E-state index contributed by atoms with van der Waals surface area (Å²) in [6.45, 7) is 4.62. The van der Waals surface area contributed by atoms with Crippen molar-refractivity contribution in [3.8, 4) is 16.9 Å². The van der Waals surface area contributed by atoms with Crippen molar-refractivity contribution in [2.45, 2.75) is 32.6 Å². The van der Waals surface area contributed by atoms with Gasteiger partial charge in [-0.15, -0.1) is 0 Å². The summed E-state index contributed by atoms with van der Waals surface area (Å²) in [6.07, 6.45) is -0.402. The van der Waals surface area contributed by atoms with Crippen LogP contribution in [-0.4, -0.2) is 77.4 Å². The molecule has 5 rings (SSSR count). The number of para-hydroxylation sites is 3. The highest BCUT2D eigenvalue weighted by Gasteiger charge is 2.34. The number of aliphatic hydroxyl groups excluding tert-OH is 1. The van der Waals surface area contributed by atoms with Crippen LogP contribution in [0.4, 0.5) is 10.5 Å². The number of amides is 3. The molecule has 4 aromatic rings. The topological polar surface area (TPSA) is 96.3 Å². The Hall–Kier alpha value is -4.34. The highest BCUT2D eigenvalue weighted by molar-refractivity contribution is 6.10. The number of methoxy groups -OCH3 is 1. The Morgan fingerprint density at radius 2 is 1.81 bits per heavy atom. The van der Waals surface area contributed by atoms with Gasteiger partial charge in [0.15, 0.2) is 0 Å². The Kier molecular flexibility index (Phi) is 9.03. The van der Waals surface area contributed by atoms with E-state index in [1.54, 1.807) is 36.1 Å². The molecule has 1 aliphatic heterocycles. The number of urea groups is 1. The molecule has 0 spiro atoms. The molecule has 3 aromatic carbocycles. The van der Waals surface area contributed by atoms with E-state index in [-0.39, 0.29) is 31.0 Å². The fourth-order valence-electron chi connectivity index (χ4n) is 5.84. The number of carbonyl (C=O) groups excluding carboxylic acids is 2. The number of aryl methyl sites for hydroxylation is 1. The van der Waals surface area contributed by atoms with E-state index in [9.17, 15) is 14.7 Å². The Morgan fingerprint density at radius 3 is 2.58 bits per heavy atom. The van der Waals surface area contributed by atoms with E-state index in [0.29, 0.717) is 30.3 Å². The number of likely N-dealkylation sites (N-methyl/N-ethyl adjacent to an activating group) is 1. The fourth-order valence-corrected chi connectivity index (χ4v) is 5.84. The van der Waals surface area contributed by atoms with Gasteiger partial charge in [-0.2, -0.15) is 0 Å². The molecule has 3 amide bonds. The number of carbonyl (C=O) groups is 2. The van der Waals surface area contributed by atoms with E-state index in [2.05, 4.69) is 5.32 Å². The molecule has 0 bridgehead atoms. The van der Waals surface area contributed by atoms with E-state index in [1.807, 2.05) is 86.1 Å². The van der Waals surface area contributed by atoms with Crippen LogP contribution in [0, 0.1) is 5.92 Å². The Morgan fingerprint density at radius 1 is 1.12 bits per heavy atom. The summed E-state index contributed by atoms with van der Waals surface area (Å²) >= 11 is 0. The maximum atomic E-state index is 14.5. The third kappa shape index (κ3) is 5.96. The molecule has 2 heterocycles. The number of ether oxygens (including phenoxy) is 2. The third-order valence-electron chi connectivity index (χ3n) is 8.37. The SMILES string of the molecule is COc1ccccc1NC(=O)N(C)C[C@H]1OCc2ccccc2-c2c(n(C)c3ccccc23)C(=O)N([C@H](C)CO)C[C@@H]1C. The Balaban J connectivity index is 1.53. The van der Waals surface area contributed by atoms with Gasteiger partial charge >= 0.3 is 6.03 Å². The smallest absolute Gasteiger partial charge is 0.321 e. The Bertz CT molecular complexity index is 1620. The summed E-state index contributed by atoms with van der Waals surface area (Å²) < 4.78 is 13.9. The lowest BCUT2D eigenvalue weighted by Gasteiger charge is -2.35. The van der Waals surface area contributed by atoms with Crippen LogP contribution in [-0.2, 0) is 18.4 Å². The summed E-state index contributed by atoms with van der Waals surface area (Å²) in [6, 6.07) is 22.5. The molecule has 0 fully saturated rings. The zero-order valence-corrected chi connectivity index (χ0v) is 25.4. The van der Waals surface area contributed by atoms with Gasteiger partial charge in [0.05, 0.1) is 38.2 Å². The van der Waals surface area contributed by atoms with Gasteiger partial charge in [0.25, 0.3) is 5.91 Å². The van der Waals surface area contributed by atoms with Crippen LogP contribution in [0.15, 0.2) is 72.8 Å². The molecule has 3 atom stereocenters. The standard InChI is InChI=1S/C34H40N4O5/c1-22-18-38(23(2)20-39)33(40)32-31(26-14-8-10-16-28(26)37(32)4)25-13-7-6-12-24(25)21-43-30(22)19-36(3)34(41)35-27-15-9-11-17-29(27)42-5/h6-17,22-23,30,39H,18-21H2,1-5H3,(H,35,41)/t22-,23+,30+/m0/s1. The molecule has 0 saturated heterocycles. The number of fused-ring (bicyclic) bond motifs is 5. The van der Waals surface area contributed by atoms with Crippen LogP contribution in [0.25, 0.3) is 22.0 Å². The van der Waals surface area contributed by atoms with Crippen LogP contribution in [0.1, 0.15) is 29.9 Å². The maximum absolute atomic E-state index is 14.5. The van der Waals surface area contributed by atoms with Gasteiger partial charge in [-0.3, -0.25) is 4.79 Å². The second-order valence-electron chi connectivity index (χ2n) is 11.3. The lowest BCUT2D eigenvalue weighted by Crippen LogP contribution is -2.48. The van der Waals surface area contributed by atoms with Crippen LogP contribution < -0.4 is 10.1 Å². The van der Waals surface area contributed by atoms with Crippen LogP contribution in [0.5, 0.6) is 5.75 Å². The highest BCUT2D eigenvalue weighted by Crippen LogP contribution is 2.38. The van der Waals surface area contributed by atoms with E-state index in [1.165, 1.54) is 0 Å². The first-order chi connectivity index (χ1) is 20.7. The summed E-state index contributed by atoms with van der Waals surface area (Å²) in [5.41, 5.74) is 4.85. The number of hydrogen-bond donors (Lipinski definition) is 2. The third-order valence-corrected chi connectivity index (χ3v) is 8.37. The van der Waals surface area contributed by atoms with Gasteiger partial charge in [0.2, 0.25) is 0 Å². The monoisotopic (exact) mass is 584 g/mol. The molecule has 9 nitrogen and oxygen atoms in total. The summed E-state index contributed by atoms with van der Waals surface area (Å²) in [4.78, 5) is 31.0. The summed E-state index contributed by atoms with van der Waals surface area (Å²) in [7, 11) is 5.20. The minimum atomic E-state index is -0.427. The average molecular weight is 585 g/mol. The van der Waals surface area contributed by atoms with Crippen LogP contribution >= 0.6 is 0 Å². The van der Waals surface area contributed by atoms with Crippen LogP contribution in [0.2, 0.25) is 0 Å². The zero-order valence-electron chi connectivity index (χ0n) is 25.4. The summed E-state index contributed by atoms with van der Waals surface area (Å²) in [5, 5.41) is 14.1. The van der Waals surface area contributed by atoms with Gasteiger partial charge in [-0.05, 0) is 36.2 Å². The largest absolute Gasteiger partial charge is 0.495 e. The van der Waals surface area contributed by atoms with Crippen molar-refractivity contribution in [3.63, 3.8) is 0 Å². The lowest BCUT2D eigenvalue weighted by molar-refractivity contribution is -0.0179. The minimum absolute atomic E-state index is 0.153. The van der Waals surface area contributed by atoms with Gasteiger partial charge in [-0.25, -0.2) is 4.79 Å². The predicted octanol–water partition coefficient (Wildman–Crippen LogP) is 5.38. The number of benzene rings is 3. The number of nitrogens with zero attached hydrogens (tertiary/aromatic N) is 3. The number of aliphatic hydroxyl groups is 1. The Labute approximate surface area is 252 Å². The molecule has 0 aliphatic carbocycles. The number of anilines is 1. The van der Waals surface area contributed by atoms with Gasteiger partial charge < -0.3 is 34.3 Å². The van der Waals surface area contributed by atoms with Gasteiger partial charge in [-0.1, -0.05) is 61.5 Å². The quantitative estimate of drug-likeness (QED) is 0.318. The molecule has 0 saturated carbocycles. The van der Waals surface area contributed by atoms with Crippen molar-refractivity contribution in [2.75, 3.05) is 39.2 Å². The molecule has 0 radical (unpaired) electrons.